The summed E-state index contributed by atoms with van der Waals surface area (Å²) in [5.41, 5.74) is 6.18. The summed E-state index contributed by atoms with van der Waals surface area (Å²) in [6, 6.07) is 4.28. The Morgan fingerprint density at radius 3 is 2.93 bits per heavy atom. The quantitative estimate of drug-likeness (QED) is 0.820. The molecule has 0 bridgehead atoms. The number of amides is 1. The van der Waals surface area contributed by atoms with E-state index < -0.39 is 17.6 Å². The highest BCUT2D eigenvalue weighted by Gasteiger charge is 2.17. The number of hydrogen-bond donors (Lipinski definition) is 1. The van der Waals surface area contributed by atoms with E-state index in [1.54, 1.807) is 13.0 Å². The van der Waals surface area contributed by atoms with Crippen LogP contribution >= 0.6 is 0 Å². The zero-order valence-corrected chi connectivity index (χ0v) is 8.16. The molecule has 0 saturated carbocycles. The van der Waals surface area contributed by atoms with Gasteiger partial charge in [0.25, 0.3) is 0 Å². The van der Waals surface area contributed by atoms with Gasteiger partial charge in [0, 0.05) is 10.9 Å². The van der Waals surface area contributed by atoms with Gasteiger partial charge in [-0.3, -0.25) is 4.79 Å². The van der Waals surface area contributed by atoms with E-state index in [-0.39, 0.29) is 0 Å². The maximum Gasteiger partial charge on any atom is 0.224 e. The Balaban J connectivity index is 2.67. The van der Waals surface area contributed by atoms with Gasteiger partial charge in [-0.15, -0.1) is 0 Å². The third-order valence-corrected chi connectivity index (χ3v) is 2.44. The summed E-state index contributed by atoms with van der Waals surface area (Å²) >= 11 is 0. The molecule has 1 unspecified atom stereocenters. The van der Waals surface area contributed by atoms with Crippen molar-refractivity contribution in [2.24, 2.45) is 5.73 Å². The summed E-state index contributed by atoms with van der Waals surface area (Å²) in [5.74, 6) is -1.46. The van der Waals surface area contributed by atoms with Gasteiger partial charge in [0.05, 0.1) is 12.2 Å². The minimum Gasteiger partial charge on any atom is -0.464 e. The first-order valence-electron chi connectivity index (χ1n) is 4.55. The van der Waals surface area contributed by atoms with Crippen LogP contribution in [0.1, 0.15) is 18.4 Å². The third kappa shape index (κ3) is 1.58. The van der Waals surface area contributed by atoms with Gasteiger partial charge in [0.2, 0.25) is 5.91 Å². The van der Waals surface area contributed by atoms with Crippen LogP contribution in [0.3, 0.4) is 0 Å². The van der Waals surface area contributed by atoms with Crippen LogP contribution in [-0.4, -0.2) is 5.91 Å². The molecule has 0 fully saturated rings. The minimum absolute atomic E-state index is 0.396. The Morgan fingerprint density at radius 1 is 1.53 bits per heavy atom. The summed E-state index contributed by atoms with van der Waals surface area (Å²) in [7, 11) is 0. The normalized spacial score (nSPS) is 12.9. The molecule has 0 saturated heterocycles. The van der Waals surface area contributed by atoms with Crippen LogP contribution in [0, 0.1) is 5.82 Å². The Labute approximate surface area is 85.7 Å². The van der Waals surface area contributed by atoms with Gasteiger partial charge in [-0.1, -0.05) is 0 Å². The number of nitrogens with two attached hydrogens (primary N) is 1. The first-order valence-corrected chi connectivity index (χ1v) is 4.55. The van der Waals surface area contributed by atoms with E-state index in [0.717, 1.165) is 0 Å². The van der Waals surface area contributed by atoms with Crippen LogP contribution in [0.25, 0.3) is 11.0 Å². The molecule has 0 radical (unpaired) electrons. The second kappa shape index (κ2) is 3.38. The zero-order valence-electron chi connectivity index (χ0n) is 8.16. The number of hydrogen-bond acceptors (Lipinski definition) is 2. The second-order valence-corrected chi connectivity index (χ2v) is 3.46. The van der Waals surface area contributed by atoms with Crippen LogP contribution in [0.4, 0.5) is 4.39 Å². The van der Waals surface area contributed by atoms with E-state index in [0.29, 0.717) is 16.5 Å². The van der Waals surface area contributed by atoms with Crippen molar-refractivity contribution in [1.29, 1.82) is 0 Å². The lowest BCUT2D eigenvalue weighted by molar-refractivity contribution is -0.119. The van der Waals surface area contributed by atoms with E-state index in [4.69, 9.17) is 10.2 Å². The summed E-state index contributed by atoms with van der Waals surface area (Å²) in [4.78, 5) is 11.0. The van der Waals surface area contributed by atoms with Gasteiger partial charge < -0.3 is 10.2 Å². The van der Waals surface area contributed by atoms with Crippen molar-refractivity contribution < 1.29 is 13.6 Å². The van der Waals surface area contributed by atoms with Crippen molar-refractivity contribution in [1.82, 2.24) is 0 Å². The van der Waals surface area contributed by atoms with Gasteiger partial charge in [0.15, 0.2) is 0 Å². The van der Waals surface area contributed by atoms with Crippen LogP contribution in [0.5, 0.6) is 0 Å². The molecule has 0 aliphatic rings. The molecular formula is C11H10FNO2. The molecule has 0 spiro atoms. The SMILES string of the molecule is CC(C(N)=O)c1cc(F)cc2ccoc12. The van der Waals surface area contributed by atoms with Crippen LogP contribution in [0.2, 0.25) is 0 Å². The maximum atomic E-state index is 13.2. The summed E-state index contributed by atoms with van der Waals surface area (Å²) in [6.07, 6.45) is 1.46. The number of furan rings is 1. The van der Waals surface area contributed by atoms with Gasteiger partial charge in [-0.2, -0.15) is 0 Å². The minimum atomic E-state index is -0.561. The van der Waals surface area contributed by atoms with E-state index in [1.807, 2.05) is 0 Å². The molecule has 1 aromatic heterocycles. The van der Waals surface area contributed by atoms with Gasteiger partial charge >= 0.3 is 0 Å². The molecule has 0 aliphatic heterocycles. The number of carbonyl (C=O) groups is 1. The Morgan fingerprint density at radius 2 is 2.27 bits per heavy atom. The first kappa shape index (κ1) is 9.71. The van der Waals surface area contributed by atoms with Crippen molar-refractivity contribution in [3.8, 4) is 0 Å². The van der Waals surface area contributed by atoms with Crippen molar-refractivity contribution in [3.05, 3.63) is 35.8 Å². The lowest BCUT2D eigenvalue weighted by Crippen LogP contribution is -2.18. The molecule has 1 atom stereocenters. The largest absolute Gasteiger partial charge is 0.464 e. The summed E-state index contributed by atoms with van der Waals surface area (Å²) in [5, 5.41) is 0.637. The van der Waals surface area contributed by atoms with E-state index in [1.165, 1.54) is 18.4 Å². The Hall–Kier alpha value is -1.84. The molecule has 2 N–H and O–H groups in total. The van der Waals surface area contributed by atoms with E-state index in [9.17, 15) is 9.18 Å². The monoisotopic (exact) mass is 207 g/mol. The van der Waals surface area contributed by atoms with Gasteiger partial charge in [-0.05, 0) is 25.1 Å². The molecule has 15 heavy (non-hydrogen) atoms. The fourth-order valence-electron chi connectivity index (χ4n) is 1.55. The van der Waals surface area contributed by atoms with Crippen LogP contribution in [0.15, 0.2) is 28.9 Å². The molecule has 78 valence electrons. The molecule has 2 aromatic rings. The number of fused-ring (bicyclic) bond motifs is 1. The average Bonchev–Trinajstić information content (AvgIpc) is 2.62. The lowest BCUT2D eigenvalue weighted by atomic mass is 9.98. The van der Waals surface area contributed by atoms with Crippen molar-refractivity contribution >= 4 is 16.9 Å². The topological polar surface area (TPSA) is 56.2 Å². The molecule has 1 heterocycles. The molecule has 1 aromatic carbocycles. The van der Waals surface area contributed by atoms with Crippen molar-refractivity contribution in [3.63, 3.8) is 0 Å². The smallest absolute Gasteiger partial charge is 0.224 e. The van der Waals surface area contributed by atoms with Gasteiger partial charge in [0.1, 0.15) is 11.4 Å². The average molecular weight is 207 g/mol. The highest BCUT2D eigenvalue weighted by Crippen LogP contribution is 2.27. The number of rotatable bonds is 2. The van der Waals surface area contributed by atoms with Crippen molar-refractivity contribution in [2.45, 2.75) is 12.8 Å². The van der Waals surface area contributed by atoms with Crippen LogP contribution in [-0.2, 0) is 4.79 Å². The summed E-state index contributed by atoms with van der Waals surface area (Å²) in [6.45, 7) is 1.62. The number of carbonyl (C=O) groups excluding carboxylic acids is 1. The summed E-state index contributed by atoms with van der Waals surface area (Å²) < 4.78 is 18.4. The Kier molecular flexibility index (Phi) is 2.19. The van der Waals surface area contributed by atoms with E-state index in [2.05, 4.69) is 0 Å². The predicted molar refractivity (Wildman–Crippen MR) is 53.8 cm³/mol. The van der Waals surface area contributed by atoms with Gasteiger partial charge in [-0.25, -0.2) is 4.39 Å². The molecular weight excluding hydrogens is 197 g/mol. The lowest BCUT2D eigenvalue weighted by Gasteiger charge is -2.08. The standard InChI is InChI=1S/C11H10FNO2/c1-6(11(13)14)9-5-8(12)4-7-2-3-15-10(7)9/h2-6H,1H3,(H2,13,14). The molecule has 4 heteroatoms. The predicted octanol–water partition coefficient (Wildman–Crippen LogP) is 2.16. The second-order valence-electron chi connectivity index (χ2n) is 3.46. The highest BCUT2D eigenvalue weighted by molar-refractivity contribution is 5.89. The maximum absolute atomic E-state index is 13.2. The van der Waals surface area contributed by atoms with E-state index >= 15 is 0 Å². The third-order valence-electron chi connectivity index (χ3n) is 2.44. The number of benzene rings is 1. The number of primary amides is 1. The van der Waals surface area contributed by atoms with Crippen molar-refractivity contribution in [2.75, 3.05) is 0 Å². The molecule has 2 rings (SSSR count). The molecule has 0 aliphatic carbocycles. The molecule has 3 nitrogen and oxygen atoms in total. The zero-order chi connectivity index (χ0) is 11.0. The highest BCUT2D eigenvalue weighted by atomic mass is 19.1. The molecule has 1 amide bonds. The first-order chi connectivity index (χ1) is 7.09. The fourth-order valence-corrected chi connectivity index (χ4v) is 1.55. The number of halogens is 1. The van der Waals surface area contributed by atoms with Crippen LogP contribution < -0.4 is 5.73 Å². The fraction of sp³-hybridized carbons (Fsp3) is 0.182. The Bertz CT molecular complexity index is 518.